The first kappa shape index (κ1) is 33.6. The van der Waals surface area contributed by atoms with Gasteiger partial charge in [0.05, 0.1) is 13.2 Å². The van der Waals surface area contributed by atoms with E-state index in [1.54, 1.807) is 24.1 Å². The normalized spacial score (nSPS) is 12.2. The summed E-state index contributed by atoms with van der Waals surface area (Å²) in [7, 11) is 1.57. The van der Waals surface area contributed by atoms with Crippen molar-refractivity contribution in [2.75, 3.05) is 26.7 Å². The number of benzene rings is 3. The van der Waals surface area contributed by atoms with E-state index < -0.39 is 24.0 Å². The van der Waals surface area contributed by atoms with Crippen LogP contribution in [-0.2, 0) is 13.0 Å². The maximum atomic E-state index is 13.5. The summed E-state index contributed by atoms with van der Waals surface area (Å²) in [5, 5.41) is 16.8. The number of aliphatic hydroxyl groups is 1. The molecule has 43 heavy (non-hydrogen) atoms. The first-order valence-electron chi connectivity index (χ1n) is 14.5. The SMILES string of the molecule is CCCN(CCC)C(=O)c1cc(C(=O)NCc2cccc(OC)c2)cc(C(=O)NC[C@@H](O)[C@@H](N)Cc2ccc(Cl)cc2)c1. The van der Waals surface area contributed by atoms with Crippen molar-refractivity contribution in [1.29, 1.82) is 0 Å². The van der Waals surface area contributed by atoms with Gasteiger partial charge in [-0.2, -0.15) is 0 Å². The van der Waals surface area contributed by atoms with Gasteiger partial charge in [-0.3, -0.25) is 14.4 Å². The van der Waals surface area contributed by atoms with Gasteiger partial charge in [0.25, 0.3) is 17.7 Å². The Morgan fingerprint density at radius 1 is 0.884 bits per heavy atom. The minimum Gasteiger partial charge on any atom is -0.497 e. The van der Waals surface area contributed by atoms with Crippen LogP contribution in [-0.4, -0.2) is 66.6 Å². The highest BCUT2D eigenvalue weighted by Gasteiger charge is 2.22. The standard InChI is InChI=1S/C33H41ClN4O5/c1-4-13-38(14-5-2)33(42)26-18-24(31(40)36-20-23-7-6-8-28(15-23)43-3)17-25(19-26)32(41)37-21-30(39)29(35)16-22-9-11-27(34)12-10-22/h6-12,15,17-19,29-30,39H,4-5,13-14,16,20-21,35H2,1-3H3,(H,36,40)(H,37,41)/t29-,30+/m0/s1. The Morgan fingerprint density at radius 2 is 1.49 bits per heavy atom. The van der Waals surface area contributed by atoms with E-state index >= 15 is 0 Å². The number of rotatable bonds is 15. The predicted octanol–water partition coefficient (Wildman–Crippen LogP) is 4.20. The van der Waals surface area contributed by atoms with Crippen LogP contribution in [0.5, 0.6) is 5.75 Å². The van der Waals surface area contributed by atoms with Crippen LogP contribution in [0.15, 0.2) is 66.7 Å². The largest absolute Gasteiger partial charge is 0.497 e. The first-order chi connectivity index (χ1) is 20.6. The average Bonchev–Trinajstić information content (AvgIpc) is 3.02. The van der Waals surface area contributed by atoms with Crippen LogP contribution < -0.4 is 21.1 Å². The van der Waals surface area contributed by atoms with Crippen molar-refractivity contribution in [1.82, 2.24) is 15.5 Å². The van der Waals surface area contributed by atoms with Crippen LogP contribution in [0, 0.1) is 0 Å². The van der Waals surface area contributed by atoms with Gasteiger partial charge in [0.2, 0.25) is 0 Å². The fraction of sp³-hybridized carbons (Fsp3) is 0.364. The molecular weight excluding hydrogens is 568 g/mol. The number of amides is 3. The number of nitrogens with zero attached hydrogens (tertiary/aromatic N) is 1. The van der Waals surface area contributed by atoms with Crippen LogP contribution in [0.2, 0.25) is 5.02 Å². The van der Waals surface area contributed by atoms with E-state index in [0.29, 0.717) is 30.3 Å². The number of carbonyl (C=O) groups excluding carboxylic acids is 3. The zero-order valence-electron chi connectivity index (χ0n) is 24.9. The molecule has 3 amide bonds. The Morgan fingerprint density at radius 3 is 2.09 bits per heavy atom. The molecule has 0 aliphatic carbocycles. The second-order valence-electron chi connectivity index (χ2n) is 10.4. The highest BCUT2D eigenvalue weighted by molar-refractivity contribution is 6.30. The lowest BCUT2D eigenvalue weighted by atomic mass is 10.0. The molecule has 0 aliphatic heterocycles. The lowest BCUT2D eigenvalue weighted by Gasteiger charge is -2.22. The molecule has 3 aromatic carbocycles. The molecule has 0 spiro atoms. The molecule has 10 heteroatoms. The fourth-order valence-corrected chi connectivity index (χ4v) is 4.72. The molecule has 230 valence electrons. The van der Waals surface area contributed by atoms with E-state index in [4.69, 9.17) is 22.1 Å². The number of nitrogens with one attached hydrogen (secondary N) is 2. The molecule has 0 unspecified atom stereocenters. The molecule has 3 rings (SSSR count). The molecule has 0 bridgehead atoms. The van der Waals surface area contributed by atoms with Gasteiger partial charge in [-0.15, -0.1) is 0 Å². The number of aliphatic hydroxyl groups excluding tert-OH is 1. The molecule has 0 radical (unpaired) electrons. The molecule has 0 aromatic heterocycles. The molecule has 0 saturated heterocycles. The van der Waals surface area contributed by atoms with Gasteiger partial charge in [0.1, 0.15) is 5.75 Å². The summed E-state index contributed by atoms with van der Waals surface area (Å²) in [5.74, 6) is -0.564. The van der Waals surface area contributed by atoms with Crippen molar-refractivity contribution in [3.05, 3.63) is 99.6 Å². The van der Waals surface area contributed by atoms with E-state index in [9.17, 15) is 19.5 Å². The van der Waals surface area contributed by atoms with Gasteiger partial charge in [0.15, 0.2) is 0 Å². The first-order valence-corrected chi connectivity index (χ1v) is 14.8. The number of methoxy groups -OCH3 is 1. The molecule has 0 aliphatic rings. The third kappa shape index (κ3) is 10.1. The Bertz CT molecular complexity index is 1380. The number of hydrogen-bond acceptors (Lipinski definition) is 6. The minimum atomic E-state index is -1.03. The van der Waals surface area contributed by atoms with Crippen molar-refractivity contribution in [3.8, 4) is 5.75 Å². The number of ether oxygens (including phenoxy) is 1. The van der Waals surface area contributed by atoms with Gasteiger partial charge in [-0.25, -0.2) is 0 Å². The zero-order chi connectivity index (χ0) is 31.4. The van der Waals surface area contributed by atoms with E-state index in [2.05, 4.69) is 10.6 Å². The van der Waals surface area contributed by atoms with Crippen molar-refractivity contribution < 1.29 is 24.2 Å². The molecular formula is C33H41ClN4O5. The zero-order valence-corrected chi connectivity index (χ0v) is 25.7. The lowest BCUT2D eigenvalue weighted by Crippen LogP contribution is -2.44. The molecule has 2 atom stereocenters. The molecule has 3 aromatic rings. The Balaban J connectivity index is 1.78. The summed E-state index contributed by atoms with van der Waals surface area (Å²) in [4.78, 5) is 41.6. The van der Waals surface area contributed by atoms with Crippen molar-refractivity contribution in [3.63, 3.8) is 0 Å². The van der Waals surface area contributed by atoms with Gasteiger partial charge in [0, 0.05) is 53.9 Å². The fourth-order valence-electron chi connectivity index (χ4n) is 4.60. The second-order valence-corrected chi connectivity index (χ2v) is 10.8. The number of hydrogen-bond donors (Lipinski definition) is 4. The summed E-state index contributed by atoms with van der Waals surface area (Å²) in [6, 6.07) is 18.3. The quantitative estimate of drug-likeness (QED) is 0.204. The summed E-state index contributed by atoms with van der Waals surface area (Å²) in [6.45, 7) is 5.20. The lowest BCUT2D eigenvalue weighted by molar-refractivity contribution is 0.0755. The maximum absolute atomic E-state index is 13.5. The number of carbonyl (C=O) groups is 3. The van der Waals surface area contributed by atoms with E-state index in [0.717, 1.165) is 24.0 Å². The Hall–Kier alpha value is -3.92. The number of nitrogens with two attached hydrogens (primary N) is 1. The van der Waals surface area contributed by atoms with Crippen molar-refractivity contribution in [2.24, 2.45) is 5.73 Å². The third-order valence-corrected chi connectivity index (χ3v) is 7.17. The molecule has 0 fully saturated rings. The molecule has 0 saturated carbocycles. The summed E-state index contributed by atoms with van der Waals surface area (Å²) < 4.78 is 5.25. The summed E-state index contributed by atoms with van der Waals surface area (Å²) in [5.41, 5.74) is 8.46. The van der Waals surface area contributed by atoms with E-state index in [-0.39, 0.29) is 35.7 Å². The smallest absolute Gasteiger partial charge is 0.253 e. The molecule has 0 heterocycles. The summed E-state index contributed by atoms with van der Waals surface area (Å²) >= 11 is 5.94. The average molecular weight is 609 g/mol. The van der Waals surface area contributed by atoms with Crippen LogP contribution in [0.3, 0.4) is 0 Å². The topological polar surface area (TPSA) is 134 Å². The van der Waals surface area contributed by atoms with Gasteiger partial charge in [-0.05, 0) is 72.9 Å². The molecule has 5 N–H and O–H groups in total. The summed E-state index contributed by atoms with van der Waals surface area (Å²) in [6.07, 6.45) is 0.905. The number of halogens is 1. The highest BCUT2D eigenvalue weighted by Crippen LogP contribution is 2.17. The Kier molecular flexibility index (Phi) is 13.0. The van der Waals surface area contributed by atoms with Gasteiger partial charge < -0.3 is 31.1 Å². The van der Waals surface area contributed by atoms with Crippen LogP contribution >= 0.6 is 11.6 Å². The molecule has 9 nitrogen and oxygen atoms in total. The maximum Gasteiger partial charge on any atom is 0.253 e. The minimum absolute atomic E-state index is 0.110. The van der Waals surface area contributed by atoms with Crippen LogP contribution in [0.4, 0.5) is 0 Å². The Labute approximate surface area is 258 Å². The predicted molar refractivity (Wildman–Crippen MR) is 169 cm³/mol. The van der Waals surface area contributed by atoms with Crippen LogP contribution in [0.1, 0.15) is 68.9 Å². The van der Waals surface area contributed by atoms with Gasteiger partial charge >= 0.3 is 0 Å². The third-order valence-electron chi connectivity index (χ3n) is 6.92. The van der Waals surface area contributed by atoms with Crippen molar-refractivity contribution in [2.45, 2.75) is 51.8 Å². The van der Waals surface area contributed by atoms with Crippen molar-refractivity contribution >= 4 is 29.3 Å². The van der Waals surface area contributed by atoms with Gasteiger partial charge in [-0.1, -0.05) is 49.7 Å². The van der Waals surface area contributed by atoms with E-state index in [1.165, 1.54) is 18.2 Å². The highest BCUT2D eigenvalue weighted by atomic mass is 35.5. The second kappa shape index (κ2) is 16.6. The monoisotopic (exact) mass is 608 g/mol. The van der Waals surface area contributed by atoms with Crippen LogP contribution in [0.25, 0.3) is 0 Å². The van der Waals surface area contributed by atoms with E-state index in [1.807, 2.05) is 50.2 Å².